The van der Waals surface area contributed by atoms with E-state index in [-0.39, 0.29) is 16.7 Å². The van der Waals surface area contributed by atoms with E-state index in [0.717, 1.165) is 6.42 Å². The zero-order valence-corrected chi connectivity index (χ0v) is 11.7. The fourth-order valence-corrected chi connectivity index (χ4v) is 1.79. The van der Waals surface area contributed by atoms with Crippen molar-refractivity contribution in [1.82, 2.24) is 9.97 Å². The van der Waals surface area contributed by atoms with E-state index >= 15 is 0 Å². The van der Waals surface area contributed by atoms with E-state index in [2.05, 4.69) is 23.8 Å². The number of nitrogen functional groups attached to an aromatic ring is 1. The molecule has 100 valence electrons. The van der Waals surface area contributed by atoms with Crippen LogP contribution >= 0.6 is 11.6 Å². The molecule has 2 rings (SSSR count). The molecule has 0 fully saturated rings. The highest BCUT2D eigenvalue weighted by Gasteiger charge is 2.09. The lowest BCUT2D eigenvalue weighted by Crippen LogP contribution is -1.96. The first-order valence-corrected chi connectivity index (χ1v) is 6.53. The van der Waals surface area contributed by atoms with Crippen LogP contribution in [0.3, 0.4) is 0 Å². The first kappa shape index (κ1) is 13.6. The summed E-state index contributed by atoms with van der Waals surface area (Å²) in [5.74, 6) is 1.69. The van der Waals surface area contributed by atoms with E-state index in [1.54, 1.807) is 0 Å². The minimum absolute atomic E-state index is 0.211. The van der Waals surface area contributed by atoms with Crippen molar-refractivity contribution in [3.8, 4) is 11.6 Å². The molecule has 2 aromatic rings. The lowest BCUT2D eigenvalue weighted by molar-refractivity contribution is 0.462. The van der Waals surface area contributed by atoms with E-state index in [4.69, 9.17) is 22.1 Å². The summed E-state index contributed by atoms with van der Waals surface area (Å²) in [7, 11) is 0. The molecule has 0 aliphatic carbocycles. The second kappa shape index (κ2) is 5.89. The summed E-state index contributed by atoms with van der Waals surface area (Å²) in [6, 6.07) is 7.89. The molecule has 1 unspecified atom stereocenters. The molecular weight excluding hydrogens is 262 g/mol. The maximum atomic E-state index is 5.97. The highest BCUT2D eigenvalue weighted by molar-refractivity contribution is 6.34. The standard InChI is InChI=1S/C14H16ClN3O/c1-3-9(2)10-4-6-11(7-5-10)19-14-12(15)13(16)17-8-18-14/h4-9H,3H2,1-2H3,(H2,16,17,18). The monoisotopic (exact) mass is 277 g/mol. The Labute approximate surface area is 117 Å². The smallest absolute Gasteiger partial charge is 0.243 e. The summed E-state index contributed by atoms with van der Waals surface area (Å²) in [6.07, 6.45) is 2.43. The molecule has 0 saturated heterocycles. The first-order chi connectivity index (χ1) is 9.11. The van der Waals surface area contributed by atoms with E-state index in [0.29, 0.717) is 11.7 Å². The third kappa shape index (κ3) is 3.15. The molecular formula is C14H16ClN3O. The number of hydrogen-bond donors (Lipinski definition) is 1. The summed E-state index contributed by atoms with van der Waals surface area (Å²) in [4.78, 5) is 7.75. The van der Waals surface area contributed by atoms with Gasteiger partial charge in [0.05, 0.1) is 0 Å². The van der Waals surface area contributed by atoms with Crippen molar-refractivity contribution in [2.24, 2.45) is 0 Å². The lowest BCUT2D eigenvalue weighted by Gasteiger charge is -2.10. The number of ether oxygens (including phenoxy) is 1. The normalized spacial score (nSPS) is 12.2. The second-order valence-electron chi connectivity index (χ2n) is 4.36. The van der Waals surface area contributed by atoms with Crippen LogP contribution in [0.15, 0.2) is 30.6 Å². The van der Waals surface area contributed by atoms with E-state index in [9.17, 15) is 0 Å². The van der Waals surface area contributed by atoms with Crippen molar-refractivity contribution in [2.75, 3.05) is 5.73 Å². The fourth-order valence-electron chi connectivity index (χ4n) is 1.65. The van der Waals surface area contributed by atoms with Crippen LogP contribution in [0, 0.1) is 0 Å². The van der Waals surface area contributed by atoms with E-state index < -0.39 is 0 Å². The summed E-state index contributed by atoms with van der Waals surface area (Å²) < 4.78 is 5.60. The van der Waals surface area contributed by atoms with Crippen molar-refractivity contribution in [3.63, 3.8) is 0 Å². The highest BCUT2D eigenvalue weighted by atomic mass is 35.5. The molecule has 0 saturated carbocycles. The second-order valence-corrected chi connectivity index (χ2v) is 4.74. The van der Waals surface area contributed by atoms with Crippen LogP contribution in [-0.2, 0) is 0 Å². The summed E-state index contributed by atoms with van der Waals surface area (Å²) in [5, 5.41) is 0.230. The van der Waals surface area contributed by atoms with Crippen LogP contribution in [0.4, 0.5) is 5.82 Å². The summed E-state index contributed by atoms with van der Waals surface area (Å²) in [6.45, 7) is 4.36. The van der Waals surface area contributed by atoms with Gasteiger partial charge < -0.3 is 10.5 Å². The zero-order chi connectivity index (χ0) is 13.8. The van der Waals surface area contributed by atoms with Gasteiger partial charge in [-0.3, -0.25) is 0 Å². The lowest BCUT2D eigenvalue weighted by atomic mass is 9.99. The average Bonchev–Trinajstić information content (AvgIpc) is 2.44. The van der Waals surface area contributed by atoms with Gasteiger partial charge in [0.15, 0.2) is 0 Å². The fraction of sp³-hybridized carbons (Fsp3) is 0.286. The van der Waals surface area contributed by atoms with E-state index in [1.807, 2.05) is 24.3 Å². The van der Waals surface area contributed by atoms with Gasteiger partial charge in [-0.05, 0) is 30.0 Å². The first-order valence-electron chi connectivity index (χ1n) is 6.15. The number of nitrogens with two attached hydrogens (primary N) is 1. The molecule has 1 atom stereocenters. The molecule has 0 bridgehead atoms. The molecule has 19 heavy (non-hydrogen) atoms. The Morgan fingerprint density at radius 1 is 1.26 bits per heavy atom. The molecule has 5 heteroatoms. The average molecular weight is 278 g/mol. The van der Waals surface area contributed by atoms with Gasteiger partial charge in [0.1, 0.15) is 22.9 Å². The molecule has 1 heterocycles. The van der Waals surface area contributed by atoms with Gasteiger partial charge in [-0.1, -0.05) is 37.6 Å². The number of aromatic nitrogens is 2. The number of halogens is 1. The topological polar surface area (TPSA) is 61.0 Å². The van der Waals surface area contributed by atoms with Gasteiger partial charge in [-0.15, -0.1) is 0 Å². The Balaban J connectivity index is 2.18. The van der Waals surface area contributed by atoms with Crippen molar-refractivity contribution in [3.05, 3.63) is 41.2 Å². The SMILES string of the molecule is CCC(C)c1ccc(Oc2ncnc(N)c2Cl)cc1. The largest absolute Gasteiger partial charge is 0.437 e. The van der Waals surface area contributed by atoms with Crippen LogP contribution in [0.2, 0.25) is 5.02 Å². The predicted octanol–water partition coefficient (Wildman–Crippen LogP) is 4.02. The minimum atomic E-state index is 0.211. The predicted molar refractivity (Wildman–Crippen MR) is 76.7 cm³/mol. The van der Waals surface area contributed by atoms with Crippen LogP contribution in [-0.4, -0.2) is 9.97 Å². The van der Waals surface area contributed by atoms with Crippen molar-refractivity contribution in [2.45, 2.75) is 26.2 Å². The molecule has 0 amide bonds. The number of hydrogen-bond acceptors (Lipinski definition) is 4. The Hall–Kier alpha value is -1.81. The number of anilines is 1. The van der Waals surface area contributed by atoms with Gasteiger partial charge in [0.25, 0.3) is 0 Å². The van der Waals surface area contributed by atoms with E-state index in [1.165, 1.54) is 11.9 Å². The highest BCUT2D eigenvalue weighted by Crippen LogP contribution is 2.30. The molecule has 0 radical (unpaired) electrons. The maximum Gasteiger partial charge on any atom is 0.243 e. The molecule has 0 spiro atoms. The van der Waals surface area contributed by atoms with Crippen LogP contribution < -0.4 is 10.5 Å². The van der Waals surface area contributed by atoms with Gasteiger partial charge >= 0.3 is 0 Å². The third-order valence-corrected chi connectivity index (χ3v) is 3.42. The maximum absolute atomic E-state index is 5.97. The van der Waals surface area contributed by atoms with Crippen LogP contribution in [0.1, 0.15) is 31.7 Å². The Morgan fingerprint density at radius 2 is 1.95 bits per heavy atom. The van der Waals surface area contributed by atoms with Crippen molar-refractivity contribution >= 4 is 17.4 Å². The summed E-state index contributed by atoms with van der Waals surface area (Å²) in [5.41, 5.74) is 6.87. The minimum Gasteiger partial charge on any atom is -0.437 e. The van der Waals surface area contributed by atoms with Gasteiger partial charge in [-0.2, -0.15) is 4.98 Å². The number of rotatable bonds is 4. The third-order valence-electron chi connectivity index (χ3n) is 3.06. The number of nitrogens with zero attached hydrogens (tertiary/aromatic N) is 2. The molecule has 2 N–H and O–H groups in total. The molecule has 0 aliphatic rings. The Bertz CT molecular complexity index is 557. The number of benzene rings is 1. The van der Waals surface area contributed by atoms with Crippen LogP contribution in [0.25, 0.3) is 0 Å². The van der Waals surface area contributed by atoms with Crippen molar-refractivity contribution in [1.29, 1.82) is 0 Å². The quantitative estimate of drug-likeness (QED) is 0.917. The Kier molecular flexibility index (Phi) is 4.22. The summed E-state index contributed by atoms with van der Waals surface area (Å²) >= 11 is 5.97. The molecule has 4 nitrogen and oxygen atoms in total. The molecule has 1 aromatic heterocycles. The zero-order valence-electron chi connectivity index (χ0n) is 10.9. The van der Waals surface area contributed by atoms with Crippen molar-refractivity contribution < 1.29 is 4.74 Å². The van der Waals surface area contributed by atoms with Gasteiger partial charge in [0, 0.05) is 0 Å². The molecule has 0 aliphatic heterocycles. The van der Waals surface area contributed by atoms with Gasteiger partial charge in [-0.25, -0.2) is 4.98 Å². The van der Waals surface area contributed by atoms with Crippen LogP contribution in [0.5, 0.6) is 11.6 Å². The van der Waals surface area contributed by atoms with Gasteiger partial charge in [0.2, 0.25) is 5.88 Å². The molecule has 1 aromatic carbocycles. The Morgan fingerprint density at radius 3 is 2.58 bits per heavy atom.